The Bertz CT molecular complexity index is 125. The summed E-state index contributed by atoms with van der Waals surface area (Å²) in [6.45, 7) is 0. The second-order valence-corrected chi connectivity index (χ2v) is 1.73. The van der Waals surface area contributed by atoms with Gasteiger partial charge < -0.3 is 32.9 Å². The molecule has 0 atom stereocenters. The summed E-state index contributed by atoms with van der Waals surface area (Å²) in [5.41, 5.74) is 0. The Balaban J connectivity index is -0.00000000462. The van der Waals surface area contributed by atoms with E-state index in [1.807, 2.05) is 0 Å². The Morgan fingerprint density at radius 3 is 0.296 bits per heavy atom. The molecule has 0 bridgehead atoms. The van der Waals surface area contributed by atoms with E-state index in [-0.39, 0.29) is 146 Å². The molecule has 0 aromatic carbocycles. The molecule has 0 spiro atoms. The van der Waals surface area contributed by atoms with Gasteiger partial charge in [0, 0.05) is 0 Å². The Hall–Kier alpha value is 4.33. The van der Waals surface area contributed by atoms with Gasteiger partial charge in [0.25, 0.3) is 0 Å². The van der Waals surface area contributed by atoms with Gasteiger partial charge in [0.1, 0.15) is 0 Å². The van der Waals surface area contributed by atoms with Crippen LogP contribution in [0, 0.1) is 0 Å². The standard InChI is InChI=1S/6Al.3Ca.6H2O.12O/h;;;;;;;;;6*1H2;;;;;;;;;;;;/q;;;;;;3*+2;;;;;;;;;;;;;6*-1. The van der Waals surface area contributed by atoms with E-state index in [1.54, 1.807) is 0 Å². The zero-order chi connectivity index (χ0) is 16.2. The van der Waals surface area contributed by atoms with E-state index in [2.05, 4.69) is 0 Å². The molecule has 0 heterocycles. The first-order valence-corrected chi connectivity index (χ1v) is 8.49. The summed E-state index contributed by atoms with van der Waals surface area (Å²) in [5.74, 6) is 0. The normalized spacial score (nSPS) is 1.78. The van der Waals surface area contributed by atoms with Gasteiger partial charge in [-0.05, 0) is 0 Å². The maximum absolute atomic E-state index is 8.46. The van der Waals surface area contributed by atoms with E-state index in [4.69, 9.17) is 47.8 Å². The molecule has 0 aromatic rings. The molecule has 27 heteroatoms. The average molecular weight is 582 g/mol. The van der Waals surface area contributed by atoms with Crippen molar-refractivity contribution in [1.29, 1.82) is 0 Å². The van der Waals surface area contributed by atoms with Crippen molar-refractivity contribution in [3.8, 4) is 0 Å². The number of rotatable bonds is 0. The molecule has 27 heavy (non-hydrogen) atoms. The van der Waals surface area contributed by atoms with Gasteiger partial charge >= 0.3 is 254 Å². The van der Waals surface area contributed by atoms with Gasteiger partial charge in [0.15, 0.2) is 0 Å². The maximum atomic E-state index is 8.46. The molecule has 144 valence electrons. The van der Waals surface area contributed by atoms with Crippen LogP contribution in [-0.4, -0.2) is 239 Å². The van der Waals surface area contributed by atoms with Crippen molar-refractivity contribution in [3.05, 3.63) is 0 Å². The van der Waals surface area contributed by atoms with Crippen LogP contribution >= 0.6 is 0 Å². The molecule has 0 aliphatic heterocycles. The summed E-state index contributed by atoms with van der Waals surface area (Å²) in [6, 6.07) is 0. The molecule has 0 radical (unpaired) electrons. The fraction of sp³-hybridized carbons (Fsp3) is 0. The minimum absolute atomic E-state index is 0. The van der Waals surface area contributed by atoms with Crippen LogP contribution in [0.3, 0.4) is 0 Å². The van der Waals surface area contributed by atoms with Crippen molar-refractivity contribution in [2.75, 3.05) is 0 Å². The van der Waals surface area contributed by atoms with Crippen LogP contribution in [0.4, 0.5) is 0 Å². The van der Waals surface area contributed by atoms with Crippen LogP contribution in [0.1, 0.15) is 0 Å². The second-order valence-electron chi connectivity index (χ2n) is 0.577. The van der Waals surface area contributed by atoms with Crippen LogP contribution in [0.2, 0.25) is 0 Å². The molecule has 0 amide bonds. The number of hydrogen-bond donors (Lipinski definition) is 0. The molecule has 0 fully saturated rings. The minimum atomic E-state index is -1.75. The predicted molar refractivity (Wildman–Crippen MR) is 77.6 cm³/mol. The van der Waals surface area contributed by atoms with Crippen molar-refractivity contribution in [2.24, 2.45) is 0 Å². The summed E-state index contributed by atoms with van der Waals surface area (Å²) >= 11 is -10.5. The Kier molecular flexibility index (Phi) is 978. The van der Waals surface area contributed by atoms with E-state index in [0.717, 1.165) is 0 Å². The zero-order valence-electron chi connectivity index (χ0n) is 13.5. The van der Waals surface area contributed by atoms with Gasteiger partial charge in [-0.1, -0.05) is 0 Å². The second kappa shape index (κ2) is 244. The van der Waals surface area contributed by atoms with Crippen LogP contribution < -0.4 is 24.9 Å². The van der Waals surface area contributed by atoms with Crippen LogP contribution in [-0.2, 0) is 22.8 Å². The van der Waals surface area contributed by atoms with Crippen LogP contribution in [0.15, 0.2) is 0 Å². The third kappa shape index (κ3) is 1300. The first-order valence-electron chi connectivity index (χ1n) is 2.83. The van der Waals surface area contributed by atoms with Gasteiger partial charge in [-0.25, -0.2) is 0 Å². The van der Waals surface area contributed by atoms with Crippen molar-refractivity contribution >= 4 is 206 Å². The first kappa shape index (κ1) is 108. The van der Waals surface area contributed by atoms with Crippen molar-refractivity contribution in [2.45, 2.75) is 0 Å². The van der Waals surface area contributed by atoms with Crippen molar-refractivity contribution < 1.29 is 80.6 Å². The van der Waals surface area contributed by atoms with Gasteiger partial charge in [-0.3, -0.25) is 0 Å². The molecule has 0 saturated heterocycles. The van der Waals surface area contributed by atoms with Gasteiger partial charge in [-0.15, -0.1) is 0 Å². The van der Waals surface area contributed by atoms with E-state index in [1.165, 1.54) is 0 Å². The van der Waals surface area contributed by atoms with E-state index < -0.39 is 92.9 Å². The Morgan fingerprint density at radius 1 is 0.296 bits per heavy atom. The molecule has 12 N–H and O–H groups in total. The summed E-state index contributed by atoms with van der Waals surface area (Å²) in [6.07, 6.45) is 0. The van der Waals surface area contributed by atoms with Crippen LogP contribution in [0.25, 0.3) is 0 Å². The van der Waals surface area contributed by atoms with E-state index in [9.17, 15) is 0 Å². The van der Waals surface area contributed by atoms with E-state index in [0.29, 0.717) is 0 Å². The van der Waals surface area contributed by atoms with Crippen molar-refractivity contribution in [3.63, 3.8) is 0 Å². The summed E-state index contributed by atoms with van der Waals surface area (Å²) in [5, 5.41) is 0. The third-order valence-electron chi connectivity index (χ3n) is 0. The van der Waals surface area contributed by atoms with Gasteiger partial charge in [0.05, 0.1) is 0 Å². The van der Waals surface area contributed by atoms with E-state index >= 15 is 0 Å². The SMILES string of the molecule is O.O.O.O.O.O.[Ca+2].[Ca+2].[Ca+2].[O]=[Al][O-].[O]=[Al][O-].[O]=[Al][O-].[O]=[Al][O-].[O]=[Al][O-].[O]=[Al][O-]. The topological polar surface area (TPSA) is 430 Å². The molecule has 0 aliphatic rings. The molecule has 0 rings (SSSR count). The third-order valence-corrected chi connectivity index (χ3v) is 0. The molecular formula is H12Al6Ca3O18. The van der Waals surface area contributed by atoms with Gasteiger partial charge in [-0.2, -0.15) is 0 Å². The molecule has 0 unspecified atom stereocenters. The Morgan fingerprint density at radius 2 is 0.296 bits per heavy atom. The van der Waals surface area contributed by atoms with Crippen LogP contribution in [0.5, 0.6) is 0 Å². The summed E-state index contributed by atoms with van der Waals surface area (Å²) in [4.78, 5) is 0. The molecule has 0 aromatic heterocycles. The first-order chi connectivity index (χ1) is 8.49. The molecule has 0 saturated carbocycles. The summed E-state index contributed by atoms with van der Waals surface area (Å²) < 4.78 is 101. The quantitative estimate of drug-likeness (QED) is 0.240. The Labute approximate surface area is 280 Å². The fourth-order valence-electron chi connectivity index (χ4n) is 0. The monoisotopic (exact) mass is 582 g/mol. The molecule has 0 aliphatic carbocycles. The number of hydrogen-bond acceptors (Lipinski definition) is 12. The summed E-state index contributed by atoms with van der Waals surface area (Å²) in [7, 11) is 0. The average Bonchev–Trinajstić information content (AvgIpc) is 2.23. The van der Waals surface area contributed by atoms with Crippen molar-refractivity contribution in [1.82, 2.24) is 0 Å². The predicted octanol–water partition coefficient (Wildman–Crippen LogP) is -16.2. The van der Waals surface area contributed by atoms with Gasteiger partial charge in [0.2, 0.25) is 0 Å². The molecule has 18 nitrogen and oxygen atoms in total. The fourth-order valence-corrected chi connectivity index (χ4v) is 0. The molecular weight excluding hydrogens is 570 g/mol. The zero-order valence-corrected chi connectivity index (χ0v) is 27.0.